The quantitative estimate of drug-likeness (QED) is 0.659. The molecule has 1 aliphatic rings. The summed E-state index contributed by atoms with van der Waals surface area (Å²) in [6.45, 7) is 1.75. The van der Waals surface area contributed by atoms with Gasteiger partial charge < -0.3 is 10.4 Å². The second kappa shape index (κ2) is 6.05. The second-order valence-corrected chi connectivity index (χ2v) is 6.17. The number of hydrogen-bond acceptors (Lipinski definition) is 5. The van der Waals surface area contributed by atoms with Crippen molar-refractivity contribution in [1.82, 2.24) is 20.2 Å². The van der Waals surface area contributed by atoms with Crippen LogP contribution in [0.3, 0.4) is 0 Å². The number of aromatic nitrogens is 4. The van der Waals surface area contributed by atoms with Crippen LogP contribution in [0.25, 0.3) is 11.4 Å². The van der Waals surface area contributed by atoms with Gasteiger partial charge in [0.05, 0.1) is 6.10 Å². The summed E-state index contributed by atoms with van der Waals surface area (Å²) < 4.78 is 0. The van der Waals surface area contributed by atoms with E-state index in [-0.39, 0.29) is 2.85 Å². The third kappa shape index (κ3) is 3.14. The number of rotatable bonds is 5. The molecule has 2 aromatic heterocycles. The Morgan fingerprint density at radius 3 is 2.71 bits per heavy atom. The third-order valence-electron chi connectivity index (χ3n) is 4.18. The highest BCUT2D eigenvalue weighted by Crippen LogP contribution is 2.39. The summed E-state index contributed by atoms with van der Waals surface area (Å²) >= 11 is 0. The molecule has 2 heterocycles. The van der Waals surface area contributed by atoms with Crippen molar-refractivity contribution >= 4 is 11.6 Å². The average molecular weight is 325 g/mol. The summed E-state index contributed by atoms with van der Waals surface area (Å²) in [4.78, 5) is 8.87. The summed E-state index contributed by atoms with van der Waals surface area (Å²) in [6.07, 6.45) is 3.72. The Morgan fingerprint density at radius 2 is 2.00 bits per heavy atom. The van der Waals surface area contributed by atoms with Gasteiger partial charge >= 0.3 is 0 Å². The molecule has 1 atom stereocenters. The first kappa shape index (κ1) is 14.8. The van der Waals surface area contributed by atoms with Gasteiger partial charge in [0.1, 0.15) is 5.82 Å². The van der Waals surface area contributed by atoms with Gasteiger partial charge in [-0.2, -0.15) is 5.10 Å². The van der Waals surface area contributed by atoms with Gasteiger partial charge in [-0.1, -0.05) is 24.3 Å². The minimum atomic E-state index is -0.478. The number of H-pyrrole nitrogens is 1. The lowest BCUT2D eigenvalue weighted by molar-refractivity contribution is 0.199. The fourth-order valence-corrected chi connectivity index (χ4v) is 2.61. The van der Waals surface area contributed by atoms with Crippen molar-refractivity contribution < 1.29 is 7.96 Å². The fraction of sp³-hybridized carbons (Fsp3) is 0.278. The molecule has 6 nitrogen and oxygen atoms in total. The minimum Gasteiger partial charge on any atom is -0.389 e. The van der Waals surface area contributed by atoms with Gasteiger partial charge in [-0.05, 0) is 31.4 Å². The van der Waals surface area contributed by atoms with Crippen molar-refractivity contribution in [3.8, 4) is 11.4 Å². The van der Waals surface area contributed by atoms with E-state index in [1.807, 2.05) is 36.4 Å². The molecular formula is C18H23N5O. The molecule has 0 bridgehead atoms. The van der Waals surface area contributed by atoms with E-state index in [0.717, 1.165) is 16.9 Å². The van der Waals surface area contributed by atoms with Crippen LogP contribution >= 0.6 is 0 Å². The van der Waals surface area contributed by atoms with Gasteiger partial charge in [-0.3, -0.25) is 5.10 Å². The Hall–Kier alpha value is -2.73. The maximum atomic E-state index is 9.59. The Morgan fingerprint density at radius 1 is 1.21 bits per heavy atom. The normalized spacial score (nSPS) is 15.2. The highest BCUT2D eigenvalue weighted by molar-refractivity contribution is 5.60. The van der Waals surface area contributed by atoms with Crippen LogP contribution in [-0.4, -0.2) is 25.3 Å². The van der Waals surface area contributed by atoms with Crippen molar-refractivity contribution in [3.63, 3.8) is 0 Å². The Labute approximate surface area is 143 Å². The summed E-state index contributed by atoms with van der Waals surface area (Å²) in [5, 5.41) is 20.2. The lowest BCUT2D eigenvalue weighted by Gasteiger charge is -2.07. The molecule has 4 rings (SSSR count). The molecule has 0 radical (unpaired) electrons. The average Bonchev–Trinajstić information content (AvgIpc) is 3.35. The number of aliphatic hydroxyl groups excluding tert-OH is 1. The first-order valence-electron chi connectivity index (χ1n) is 8.13. The highest BCUT2D eigenvalue weighted by Gasteiger charge is 2.25. The van der Waals surface area contributed by atoms with Crippen LogP contribution in [0.1, 0.15) is 45.9 Å². The molecule has 3 aromatic rings. The molecule has 0 aliphatic heterocycles. The summed E-state index contributed by atoms with van der Waals surface area (Å²) in [5.74, 6) is 2.75. The van der Waals surface area contributed by atoms with Crippen LogP contribution in [0.2, 0.25) is 0 Å². The summed E-state index contributed by atoms with van der Waals surface area (Å²) in [6, 6.07) is 11.5. The van der Waals surface area contributed by atoms with Gasteiger partial charge in [0.15, 0.2) is 11.6 Å². The van der Waals surface area contributed by atoms with Crippen LogP contribution in [0.4, 0.5) is 11.6 Å². The minimum absolute atomic E-state index is 0. The van der Waals surface area contributed by atoms with Crippen LogP contribution in [0.15, 0.2) is 42.6 Å². The lowest BCUT2D eigenvalue weighted by atomic mass is 10.1. The third-order valence-corrected chi connectivity index (χ3v) is 4.18. The number of anilines is 2. The van der Waals surface area contributed by atoms with E-state index < -0.39 is 6.10 Å². The van der Waals surface area contributed by atoms with Crippen molar-refractivity contribution in [2.75, 3.05) is 5.32 Å². The smallest absolute Gasteiger partial charge is 0.161 e. The van der Waals surface area contributed by atoms with Gasteiger partial charge in [0.25, 0.3) is 0 Å². The van der Waals surface area contributed by atoms with E-state index in [1.54, 1.807) is 13.1 Å². The maximum Gasteiger partial charge on any atom is 0.161 e. The molecule has 0 amide bonds. The molecule has 1 unspecified atom stereocenters. The second-order valence-electron chi connectivity index (χ2n) is 6.17. The van der Waals surface area contributed by atoms with E-state index in [9.17, 15) is 5.11 Å². The topological polar surface area (TPSA) is 86.7 Å². The molecule has 6 heteroatoms. The maximum absolute atomic E-state index is 9.59. The first-order valence-corrected chi connectivity index (χ1v) is 8.13. The SMILES string of the molecule is CC(O)c1ccc(-c2nccc(Nc3cc(C4CC4)[nH]n3)n2)cc1.[HH].[HH]. The molecule has 1 saturated carbocycles. The van der Waals surface area contributed by atoms with Crippen molar-refractivity contribution in [2.24, 2.45) is 0 Å². The zero-order chi connectivity index (χ0) is 16.5. The Kier molecular flexibility index (Phi) is 3.74. The molecule has 3 N–H and O–H groups in total. The van der Waals surface area contributed by atoms with Crippen LogP contribution < -0.4 is 5.32 Å². The van der Waals surface area contributed by atoms with Gasteiger partial charge in [-0.25, -0.2) is 9.97 Å². The Bertz CT molecular complexity index is 847. The summed E-state index contributed by atoms with van der Waals surface area (Å²) in [7, 11) is 0. The standard InChI is InChI=1S/C18H19N5O.2H2/c1-11(24)12-2-6-14(7-3-12)18-19-9-8-16(21-18)20-17-10-15(22-23-17)13-4-5-13;;/h2-3,6-11,13,24H,4-5H2,1H3,(H2,19,20,21,22,23);2*1H. The zero-order valence-corrected chi connectivity index (χ0v) is 13.4. The van der Waals surface area contributed by atoms with E-state index in [4.69, 9.17) is 0 Å². The van der Waals surface area contributed by atoms with Crippen molar-refractivity contribution in [3.05, 3.63) is 53.9 Å². The number of nitrogens with zero attached hydrogens (tertiary/aromatic N) is 3. The first-order chi connectivity index (χ1) is 11.7. The molecule has 126 valence electrons. The number of nitrogens with one attached hydrogen (secondary N) is 2. The van der Waals surface area contributed by atoms with Crippen LogP contribution in [0, 0.1) is 0 Å². The molecule has 1 fully saturated rings. The number of aromatic amines is 1. The van der Waals surface area contributed by atoms with E-state index in [1.165, 1.54) is 18.5 Å². The monoisotopic (exact) mass is 325 g/mol. The predicted molar refractivity (Wildman–Crippen MR) is 96.2 cm³/mol. The molecule has 24 heavy (non-hydrogen) atoms. The van der Waals surface area contributed by atoms with Crippen LogP contribution in [-0.2, 0) is 0 Å². The number of aliphatic hydroxyl groups is 1. The molecular weight excluding hydrogens is 302 g/mol. The van der Waals surface area contributed by atoms with Gasteiger partial charge in [0.2, 0.25) is 0 Å². The van der Waals surface area contributed by atoms with Gasteiger partial charge in [0, 0.05) is 32.3 Å². The fourth-order valence-electron chi connectivity index (χ4n) is 2.61. The zero-order valence-electron chi connectivity index (χ0n) is 13.4. The molecule has 0 spiro atoms. The van der Waals surface area contributed by atoms with Crippen molar-refractivity contribution in [2.45, 2.75) is 31.8 Å². The highest BCUT2D eigenvalue weighted by atomic mass is 16.3. The number of benzene rings is 1. The lowest BCUT2D eigenvalue weighted by Crippen LogP contribution is -1.97. The number of hydrogen-bond donors (Lipinski definition) is 3. The molecule has 1 aromatic carbocycles. The van der Waals surface area contributed by atoms with E-state index in [0.29, 0.717) is 17.6 Å². The van der Waals surface area contributed by atoms with Crippen molar-refractivity contribution in [1.29, 1.82) is 0 Å². The Balaban J connectivity index is 0.00000121. The van der Waals surface area contributed by atoms with Gasteiger partial charge in [-0.15, -0.1) is 0 Å². The molecule has 0 saturated heterocycles. The van der Waals surface area contributed by atoms with Crippen LogP contribution in [0.5, 0.6) is 0 Å². The van der Waals surface area contributed by atoms with E-state index in [2.05, 4.69) is 25.5 Å². The molecule has 1 aliphatic carbocycles. The van der Waals surface area contributed by atoms with E-state index >= 15 is 0 Å². The largest absolute Gasteiger partial charge is 0.389 e. The summed E-state index contributed by atoms with van der Waals surface area (Å²) in [5.41, 5.74) is 2.96. The predicted octanol–water partition coefficient (Wildman–Crippen LogP) is 4.03.